The van der Waals surface area contributed by atoms with Crippen molar-refractivity contribution in [2.75, 3.05) is 26.0 Å². The number of fused-ring (bicyclic) bond motifs is 1. The molecule has 3 rings (SSSR count). The lowest BCUT2D eigenvalue weighted by Crippen LogP contribution is -2.29. The Bertz CT molecular complexity index is 814. The molecule has 0 unspecified atom stereocenters. The molecular weight excluding hydrogens is 346 g/mol. The van der Waals surface area contributed by atoms with Gasteiger partial charge in [0.1, 0.15) is 5.75 Å². The third-order valence-electron chi connectivity index (χ3n) is 3.69. The first-order valence-electron chi connectivity index (χ1n) is 7.86. The maximum atomic E-state index is 13.0. The van der Waals surface area contributed by atoms with E-state index in [1.165, 1.54) is 18.2 Å². The summed E-state index contributed by atoms with van der Waals surface area (Å²) in [5, 5.41) is 2.65. The molecule has 0 radical (unpaired) electrons. The van der Waals surface area contributed by atoms with Gasteiger partial charge in [0.25, 0.3) is 0 Å². The number of likely N-dealkylation sites (N-methyl/N-ethyl adjacent to an activating group) is 1. The standard InChI is InChI=1S/C18H18F2N2O4/c1-22(10-12-4-3-5-14(8-12)24-2)11-17(23)21-13-6-7-15-16(9-13)26-18(19,20)25-15/h3-9H,10-11H2,1-2H3,(H,21,23). The Labute approximate surface area is 149 Å². The average molecular weight is 364 g/mol. The van der Waals surface area contributed by atoms with Gasteiger partial charge in [-0.2, -0.15) is 0 Å². The maximum Gasteiger partial charge on any atom is 0.586 e. The van der Waals surface area contributed by atoms with E-state index in [1.54, 1.807) is 14.2 Å². The molecule has 2 aromatic rings. The topological polar surface area (TPSA) is 60.0 Å². The monoisotopic (exact) mass is 364 g/mol. The van der Waals surface area contributed by atoms with Crippen molar-refractivity contribution in [3.63, 3.8) is 0 Å². The largest absolute Gasteiger partial charge is 0.586 e. The summed E-state index contributed by atoms with van der Waals surface area (Å²) in [6.07, 6.45) is -3.68. The van der Waals surface area contributed by atoms with E-state index in [-0.39, 0.29) is 24.0 Å². The summed E-state index contributed by atoms with van der Waals surface area (Å²) in [6.45, 7) is 0.680. The van der Waals surface area contributed by atoms with Crippen LogP contribution in [0.15, 0.2) is 42.5 Å². The van der Waals surface area contributed by atoms with Crippen LogP contribution in [0.4, 0.5) is 14.5 Å². The second kappa shape index (κ2) is 7.17. The van der Waals surface area contributed by atoms with Gasteiger partial charge in [0.2, 0.25) is 5.91 Å². The van der Waals surface area contributed by atoms with Crippen molar-refractivity contribution >= 4 is 11.6 Å². The van der Waals surface area contributed by atoms with Gasteiger partial charge < -0.3 is 19.5 Å². The molecule has 0 aliphatic carbocycles. The minimum Gasteiger partial charge on any atom is -0.497 e. The van der Waals surface area contributed by atoms with Gasteiger partial charge in [-0.05, 0) is 36.9 Å². The lowest BCUT2D eigenvalue weighted by atomic mass is 10.2. The number of benzene rings is 2. The molecule has 0 saturated heterocycles. The molecule has 1 amide bonds. The first-order valence-corrected chi connectivity index (χ1v) is 7.86. The number of rotatable bonds is 6. The van der Waals surface area contributed by atoms with E-state index < -0.39 is 6.29 Å². The molecule has 6 nitrogen and oxygen atoms in total. The van der Waals surface area contributed by atoms with Crippen LogP contribution in [0.2, 0.25) is 0 Å². The fraction of sp³-hybridized carbons (Fsp3) is 0.278. The third kappa shape index (κ3) is 4.40. The Hall–Kier alpha value is -2.87. The van der Waals surface area contributed by atoms with Gasteiger partial charge in [0.05, 0.1) is 13.7 Å². The highest BCUT2D eigenvalue weighted by Crippen LogP contribution is 2.42. The number of hydrogen-bond donors (Lipinski definition) is 1. The van der Waals surface area contributed by atoms with Crippen LogP contribution in [-0.2, 0) is 11.3 Å². The van der Waals surface area contributed by atoms with Crippen LogP contribution in [0, 0.1) is 0 Å². The van der Waals surface area contributed by atoms with Crippen molar-refractivity contribution in [1.29, 1.82) is 0 Å². The molecule has 1 N–H and O–H groups in total. The van der Waals surface area contributed by atoms with Crippen LogP contribution in [0.1, 0.15) is 5.56 Å². The number of nitrogens with zero attached hydrogens (tertiary/aromatic N) is 1. The molecular formula is C18H18F2N2O4. The molecule has 26 heavy (non-hydrogen) atoms. The number of methoxy groups -OCH3 is 1. The summed E-state index contributed by atoms with van der Waals surface area (Å²) in [4.78, 5) is 14.0. The Morgan fingerprint density at radius 2 is 1.96 bits per heavy atom. The third-order valence-corrected chi connectivity index (χ3v) is 3.69. The van der Waals surface area contributed by atoms with Crippen LogP contribution < -0.4 is 19.5 Å². The van der Waals surface area contributed by atoms with E-state index in [4.69, 9.17) is 4.74 Å². The van der Waals surface area contributed by atoms with Crippen molar-refractivity contribution in [2.24, 2.45) is 0 Å². The number of hydrogen-bond acceptors (Lipinski definition) is 5. The van der Waals surface area contributed by atoms with Gasteiger partial charge in [-0.25, -0.2) is 0 Å². The molecule has 0 saturated carbocycles. The number of anilines is 1. The zero-order valence-corrected chi connectivity index (χ0v) is 14.3. The van der Waals surface area contributed by atoms with Crippen LogP contribution >= 0.6 is 0 Å². The van der Waals surface area contributed by atoms with Crippen LogP contribution in [-0.4, -0.2) is 37.8 Å². The highest BCUT2D eigenvalue weighted by atomic mass is 19.3. The first-order chi connectivity index (χ1) is 12.3. The summed E-state index contributed by atoms with van der Waals surface area (Å²) < 4.78 is 39.9. The summed E-state index contributed by atoms with van der Waals surface area (Å²) in [6, 6.07) is 11.7. The van der Waals surface area contributed by atoms with Gasteiger partial charge in [-0.1, -0.05) is 12.1 Å². The van der Waals surface area contributed by atoms with Crippen LogP contribution in [0.3, 0.4) is 0 Å². The summed E-state index contributed by atoms with van der Waals surface area (Å²) >= 11 is 0. The minimum absolute atomic E-state index is 0.0665. The van der Waals surface area contributed by atoms with Gasteiger partial charge >= 0.3 is 6.29 Å². The number of carbonyl (C=O) groups excluding carboxylic acids is 1. The van der Waals surface area contributed by atoms with Gasteiger partial charge in [-0.15, -0.1) is 8.78 Å². The van der Waals surface area contributed by atoms with Crippen molar-refractivity contribution in [2.45, 2.75) is 12.8 Å². The fourth-order valence-corrected chi connectivity index (χ4v) is 2.61. The quantitative estimate of drug-likeness (QED) is 0.854. The molecule has 138 valence electrons. The van der Waals surface area contributed by atoms with Gasteiger partial charge in [0.15, 0.2) is 11.5 Å². The molecule has 1 aliphatic rings. The molecule has 1 aliphatic heterocycles. The highest BCUT2D eigenvalue weighted by molar-refractivity contribution is 5.92. The summed E-state index contributed by atoms with van der Waals surface area (Å²) in [5.74, 6) is 0.291. The lowest BCUT2D eigenvalue weighted by Gasteiger charge is -2.17. The molecule has 0 bridgehead atoms. The maximum absolute atomic E-state index is 13.0. The van der Waals surface area contributed by atoms with E-state index >= 15 is 0 Å². The Kier molecular flexibility index (Phi) is 4.94. The average Bonchev–Trinajstić information content (AvgIpc) is 2.87. The number of carbonyl (C=O) groups is 1. The predicted octanol–water partition coefficient (Wildman–Crippen LogP) is 3.09. The first kappa shape index (κ1) is 17.9. The molecule has 2 aromatic carbocycles. The second-order valence-corrected chi connectivity index (χ2v) is 5.90. The molecule has 1 heterocycles. The van der Waals surface area contributed by atoms with Crippen LogP contribution in [0.25, 0.3) is 0 Å². The van der Waals surface area contributed by atoms with Crippen molar-refractivity contribution < 1.29 is 27.8 Å². The molecule has 8 heteroatoms. The lowest BCUT2D eigenvalue weighted by molar-refractivity contribution is -0.286. The van der Waals surface area contributed by atoms with Crippen molar-refractivity contribution in [3.05, 3.63) is 48.0 Å². The van der Waals surface area contributed by atoms with Crippen LogP contribution in [0.5, 0.6) is 17.2 Å². The van der Waals surface area contributed by atoms with E-state index in [2.05, 4.69) is 14.8 Å². The summed E-state index contributed by atoms with van der Waals surface area (Å²) in [7, 11) is 3.40. The number of amides is 1. The normalized spacial score (nSPS) is 14.3. The second-order valence-electron chi connectivity index (χ2n) is 5.90. The van der Waals surface area contributed by atoms with E-state index in [0.29, 0.717) is 12.2 Å². The Morgan fingerprint density at radius 1 is 1.19 bits per heavy atom. The Morgan fingerprint density at radius 3 is 2.73 bits per heavy atom. The number of halogens is 2. The number of nitrogens with one attached hydrogen (secondary N) is 1. The van der Waals surface area contributed by atoms with E-state index in [0.717, 1.165) is 11.3 Å². The van der Waals surface area contributed by atoms with E-state index in [9.17, 15) is 13.6 Å². The predicted molar refractivity (Wildman–Crippen MR) is 90.6 cm³/mol. The SMILES string of the molecule is COc1cccc(CN(C)CC(=O)Nc2ccc3c(c2)OC(F)(F)O3)c1. The van der Waals surface area contributed by atoms with Crippen molar-refractivity contribution in [1.82, 2.24) is 4.90 Å². The number of ether oxygens (including phenoxy) is 3. The fourth-order valence-electron chi connectivity index (χ4n) is 2.61. The summed E-state index contributed by atoms with van der Waals surface area (Å²) in [5.41, 5.74) is 1.36. The highest BCUT2D eigenvalue weighted by Gasteiger charge is 2.43. The minimum atomic E-state index is -3.68. The van der Waals surface area contributed by atoms with Gasteiger partial charge in [0, 0.05) is 18.3 Å². The smallest absolute Gasteiger partial charge is 0.497 e. The van der Waals surface area contributed by atoms with E-state index in [1.807, 2.05) is 29.2 Å². The Balaban J connectivity index is 1.55. The molecule has 0 aromatic heterocycles. The molecule has 0 atom stereocenters. The zero-order valence-electron chi connectivity index (χ0n) is 14.3. The molecule has 0 spiro atoms. The van der Waals surface area contributed by atoms with Gasteiger partial charge in [-0.3, -0.25) is 9.69 Å². The molecule has 0 fully saturated rings. The zero-order chi connectivity index (χ0) is 18.7. The van der Waals surface area contributed by atoms with Crippen molar-refractivity contribution in [3.8, 4) is 17.2 Å². The number of alkyl halides is 2.